The molecular formula is C17H26N4. The molecule has 2 N–H and O–H groups in total. The fraction of sp³-hybridized carbons (Fsp3) is 0.529. The third-order valence-corrected chi connectivity index (χ3v) is 3.68. The average molecular weight is 286 g/mol. The lowest BCUT2D eigenvalue weighted by atomic mass is 9.93. The first kappa shape index (κ1) is 15.7. The van der Waals surface area contributed by atoms with E-state index in [1.807, 2.05) is 31.2 Å². The molecule has 0 amide bonds. The fourth-order valence-electron chi connectivity index (χ4n) is 2.49. The molecule has 0 aliphatic heterocycles. The summed E-state index contributed by atoms with van der Waals surface area (Å²) in [6.45, 7) is 11.1. The van der Waals surface area contributed by atoms with Gasteiger partial charge in [-0.2, -0.15) is 0 Å². The summed E-state index contributed by atoms with van der Waals surface area (Å²) in [6.07, 6.45) is 1.08. The van der Waals surface area contributed by atoms with Crippen LogP contribution in [0.2, 0.25) is 0 Å². The molecule has 0 atom stereocenters. The van der Waals surface area contributed by atoms with E-state index in [1.165, 1.54) is 0 Å². The molecule has 0 radical (unpaired) electrons. The molecule has 4 heteroatoms. The number of rotatable bonds is 6. The molecule has 1 aromatic heterocycles. The van der Waals surface area contributed by atoms with Crippen LogP contribution in [0.25, 0.3) is 11.0 Å². The van der Waals surface area contributed by atoms with Crippen molar-refractivity contribution in [1.82, 2.24) is 9.97 Å². The van der Waals surface area contributed by atoms with Gasteiger partial charge in [0, 0.05) is 13.1 Å². The van der Waals surface area contributed by atoms with Gasteiger partial charge in [0.1, 0.15) is 0 Å². The largest absolute Gasteiger partial charge is 0.355 e. The van der Waals surface area contributed by atoms with Crippen molar-refractivity contribution in [2.24, 2.45) is 11.1 Å². The van der Waals surface area contributed by atoms with Crippen molar-refractivity contribution >= 4 is 16.9 Å². The molecule has 0 fully saturated rings. The van der Waals surface area contributed by atoms with Crippen molar-refractivity contribution in [1.29, 1.82) is 0 Å². The Hall–Kier alpha value is -1.68. The summed E-state index contributed by atoms with van der Waals surface area (Å²) < 4.78 is 0. The number of anilines is 1. The molecule has 1 heterocycles. The summed E-state index contributed by atoms with van der Waals surface area (Å²) >= 11 is 0. The van der Waals surface area contributed by atoms with E-state index in [2.05, 4.69) is 25.7 Å². The molecule has 0 aliphatic rings. The monoisotopic (exact) mass is 286 g/mol. The Balaban J connectivity index is 2.41. The lowest BCUT2D eigenvalue weighted by Gasteiger charge is -2.33. The highest BCUT2D eigenvalue weighted by Gasteiger charge is 2.22. The van der Waals surface area contributed by atoms with E-state index in [0.717, 1.165) is 42.1 Å². The first-order chi connectivity index (χ1) is 9.96. The Bertz CT molecular complexity index is 607. The number of hydrogen-bond acceptors (Lipinski definition) is 4. The number of hydrogen-bond donors (Lipinski definition) is 1. The van der Waals surface area contributed by atoms with E-state index in [4.69, 9.17) is 15.7 Å². The average Bonchev–Trinajstić information content (AvgIpc) is 2.46. The number of nitrogens with two attached hydrogens (primary N) is 1. The Kier molecular flexibility index (Phi) is 4.78. The Morgan fingerprint density at radius 2 is 1.76 bits per heavy atom. The van der Waals surface area contributed by atoms with E-state index in [0.29, 0.717) is 6.54 Å². The normalized spacial score (nSPS) is 11.9. The lowest BCUT2D eigenvalue weighted by molar-refractivity contribution is 0.376. The summed E-state index contributed by atoms with van der Waals surface area (Å²) in [7, 11) is 0. The smallest absolute Gasteiger partial charge is 0.150 e. The van der Waals surface area contributed by atoms with Gasteiger partial charge in [-0.1, -0.05) is 32.9 Å². The summed E-state index contributed by atoms with van der Waals surface area (Å²) in [5, 5.41) is 0. The molecule has 0 saturated carbocycles. The van der Waals surface area contributed by atoms with E-state index in [1.54, 1.807) is 0 Å². The van der Waals surface area contributed by atoms with Gasteiger partial charge >= 0.3 is 0 Å². The maximum absolute atomic E-state index is 5.89. The van der Waals surface area contributed by atoms with Gasteiger partial charge in [-0.15, -0.1) is 0 Å². The van der Waals surface area contributed by atoms with Crippen LogP contribution in [0.3, 0.4) is 0 Å². The second-order valence-electron chi connectivity index (χ2n) is 6.41. The fourth-order valence-corrected chi connectivity index (χ4v) is 2.49. The first-order valence-electron chi connectivity index (χ1n) is 7.65. The quantitative estimate of drug-likeness (QED) is 0.886. The third-order valence-electron chi connectivity index (χ3n) is 3.68. The maximum atomic E-state index is 5.89. The molecule has 0 unspecified atom stereocenters. The molecule has 2 aromatic rings. The van der Waals surface area contributed by atoms with Gasteiger partial charge in [0.25, 0.3) is 0 Å². The minimum absolute atomic E-state index is 0.0644. The predicted molar refractivity (Wildman–Crippen MR) is 89.6 cm³/mol. The SMILES string of the molecule is CCCN(CC(C)(C)CN)c1nc2ccccc2nc1C. The third kappa shape index (κ3) is 3.70. The van der Waals surface area contributed by atoms with Crippen LogP contribution in [-0.2, 0) is 0 Å². The van der Waals surface area contributed by atoms with E-state index in [-0.39, 0.29) is 5.41 Å². The molecular weight excluding hydrogens is 260 g/mol. The van der Waals surface area contributed by atoms with Crippen molar-refractivity contribution in [3.63, 3.8) is 0 Å². The van der Waals surface area contributed by atoms with Gasteiger partial charge in [0.05, 0.1) is 16.7 Å². The Morgan fingerprint density at radius 1 is 1.14 bits per heavy atom. The molecule has 0 spiro atoms. The van der Waals surface area contributed by atoms with Gasteiger partial charge in [-0.25, -0.2) is 9.97 Å². The van der Waals surface area contributed by atoms with E-state index in [9.17, 15) is 0 Å². The van der Waals surface area contributed by atoms with Gasteiger partial charge in [0.15, 0.2) is 5.82 Å². The van der Waals surface area contributed by atoms with Crippen LogP contribution in [0.5, 0.6) is 0 Å². The standard InChI is InChI=1S/C17H26N4/c1-5-10-21(12-17(3,4)11-18)16-13(2)19-14-8-6-7-9-15(14)20-16/h6-9H,5,10-12,18H2,1-4H3. The van der Waals surface area contributed by atoms with Crippen molar-refractivity contribution in [3.8, 4) is 0 Å². The Labute approximate surface area is 127 Å². The molecule has 1 aromatic carbocycles. The van der Waals surface area contributed by atoms with Gasteiger partial charge < -0.3 is 10.6 Å². The van der Waals surface area contributed by atoms with Crippen LogP contribution in [0.4, 0.5) is 5.82 Å². The highest BCUT2D eigenvalue weighted by atomic mass is 15.2. The summed E-state index contributed by atoms with van der Waals surface area (Å²) in [5.74, 6) is 0.983. The highest BCUT2D eigenvalue weighted by molar-refractivity contribution is 5.76. The van der Waals surface area contributed by atoms with Gasteiger partial charge in [-0.05, 0) is 37.4 Å². The van der Waals surface area contributed by atoms with Crippen LogP contribution in [-0.4, -0.2) is 29.6 Å². The molecule has 0 bridgehead atoms. The van der Waals surface area contributed by atoms with Crippen LogP contribution in [0, 0.1) is 12.3 Å². The van der Waals surface area contributed by atoms with Crippen LogP contribution < -0.4 is 10.6 Å². The minimum atomic E-state index is 0.0644. The zero-order chi connectivity index (χ0) is 15.5. The maximum Gasteiger partial charge on any atom is 0.150 e. The second kappa shape index (κ2) is 6.39. The number of para-hydroxylation sites is 2. The zero-order valence-corrected chi connectivity index (χ0v) is 13.6. The number of aromatic nitrogens is 2. The molecule has 114 valence electrons. The summed E-state index contributed by atoms with van der Waals surface area (Å²) in [6, 6.07) is 8.03. The van der Waals surface area contributed by atoms with Crippen molar-refractivity contribution < 1.29 is 0 Å². The van der Waals surface area contributed by atoms with Crippen molar-refractivity contribution in [3.05, 3.63) is 30.0 Å². The molecule has 0 saturated heterocycles. The highest BCUT2D eigenvalue weighted by Crippen LogP contribution is 2.24. The number of fused-ring (bicyclic) bond motifs is 1. The first-order valence-corrected chi connectivity index (χ1v) is 7.65. The van der Waals surface area contributed by atoms with E-state index >= 15 is 0 Å². The Morgan fingerprint density at radius 3 is 2.33 bits per heavy atom. The van der Waals surface area contributed by atoms with Crippen LogP contribution >= 0.6 is 0 Å². The van der Waals surface area contributed by atoms with Crippen molar-refractivity contribution in [2.75, 3.05) is 24.5 Å². The number of aryl methyl sites for hydroxylation is 1. The minimum Gasteiger partial charge on any atom is -0.355 e. The summed E-state index contributed by atoms with van der Waals surface area (Å²) in [5.41, 5.74) is 8.84. The predicted octanol–water partition coefficient (Wildman–Crippen LogP) is 3.14. The second-order valence-corrected chi connectivity index (χ2v) is 6.41. The van der Waals surface area contributed by atoms with Crippen molar-refractivity contribution in [2.45, 2.75) is 34.1 Å². The molecule has 0 aliphatic carbocycles. The molecule has 21 heavy (non-hydrogen) atoms. The molecule has 4 nitrogen and oxygen atoms in total. The molecule has 2 rings (SSSR count). The number of nitrogens with zero attached hydrogens (tertiary/aromatic N) is 3. The van der Waals surface area contributed by atoms with Gasteiger partial charge in [-0.3, -0.25) is 0 Å². The van der Waals surface area contributed by atoms with Crippen LogP contribution in [0.15, 0.2) is 24.3 Å². The topological polar surface area (TPSA) is 55.0 Å². The van der Waals surface area contributed by atoms with E-state index < -0.39 is 0 Å². The zero-order valence-electron chi connectivity index (χ0n) is 13.6. The number of benzene rings is 1. The van der Waals surface area contributed by atoms with Gasteiger partial charge in [0.2, 0.25) is 0 Å². The van der Waals surface area contributed by atoms with Crippen LogP contribution in [0.1, 0.15) is 32.9 Å². The lowest BCUT2D eigenvalue weighted by Crippen LogP contribution is -2.40. The summed E-state index contributed by atoms with van der Waals surface area (Å²) in [4.78, 5) is 11.9.